The highest BCUT2D eigenvalue weighted by Gasteiger charge is 2.42. The van der Waals surface area contributed by atoms with Gasteiger partial charge in [-0.1, -0.05) is 0 Å². The normalized spacial score (nSPS) is 20.1. The van der Waals surface area contributed by atoms with Crippen LogP contribution >= 0.6 is 0 Å². The van der Waals surface area contributed by atoms with Gasteiger partial charge in [0, 0.05) is 31.4 Å². The Morgan fingerprint density at radius 1 is 1.32 bits per heavy atom. The molecule has 1 aliphatic rings. The minimum absolute atomic E-state index is 0.167. The molecular weight excluding hydrogens is 326 g/mol. The number of amides is 2. The maximum atomic E-state index is 12.4. The zero-order chi connectivity index (χ0) is 18.6. The first-order chi connectivity index (χ1) is 11.7. The molecule has 1 N–H and O–H groups in total. The second kappa shape index (κ2) is 7.50. The van der Waals surface area contributed by atoms with Gasteiger partial charge in [-0.15, -0.1) is 0 Å². The van der Waals surface area contributed by atoms with Crippen LogP contribution in [0.1, 0.15) is 37.6 Å². The van der Waals surface area contributed by atoms with E-state index in [4.69, 9.17) is 9.47 Å². The highest BCUT2D eigenvalue weighted by Crippen LogP contribution is 2.22. The van der Waals surface area contributed by atoms with E-state index in [0.717, 1.165) is 0 Å². The van der Waals surface area contributed by atoms with Crippen LogP contribution in [0.5, 0.6) is 0 Å². The topological polar surface area (TPSA) is 97.8 Å². The SMILES string of the molecule is COC(=O)[C@@H]1C[C@@H](NC(=O)c2cccnc2)CN1C(=O)OC(C)(C)C. The van der Waals surface area contributed by atoms with Crippen molar-refractivity contribution in [2.24, 2.45) is 0 Å². The van der Waals surface area contributed by atoms with Crippen molar-refractivity contribution < 1.29 is 23.9 Å². The monoisotopic (exact) mass is 349 g/mol. The summed E-state index contributed by atoms with van der Waals surface area (Å²) < 4.78 is 10.1. The highest BCUT2D eigenvalue weighted by atomic mass is 16.6. The summed E-state index contributed by atoms with van der Waals surface area (Å²) >= 11 is 0. The van der Waals surface area contributed by atoms with Crippen LogP contribution in [0.25, 0.3) is 0 Å². The van der Waals surface area contributed by atoms with Crippen LogP contribution in [0.15, 0.2) is 24.5 Å². The van der Waals surface area contributed by atoms with E-state index in [2.05, 4.69) is 10.3 Å². The van der Waals surface area contributed by atoms with E-state index in [1.165, 1.54) is 18.2 Å². The molecule has 1 aromatic heterocycles. The number of nitrogens with zero attached hydrogens (tertiary/aromatic N) is 2. The summed E-state index contributed by atoms with van der Waals surface area (Å²) in [6, 6.07) is 2.12. The van der Waals surface area contributed by atoms with Gasteiger partial charge in [-0.3, -0.25) is 14.7 Å². The van der Waals surface area contributed by atoms with E-state index in [9.17, 15) is 14.4 Å². The van der Waals surface area contributed by atoms with Crippen LogP contribution < -0.4 is 5.32 Å². The summed E-state index contributed by atoms with van der Waals surface area (Å²) in [5, 5.41) is 2.82. The number of pyridine rings is 1. The van der Waals surface area contributed by atoms with Crippen LogP contribution in [0.2, 0.25) is 0 Å². The van der Waals surface area contributed by atoms with Gasteiger partial charge in [0.15, 0.2) is 0 Å². The van der Waals surface area contributed by atoms with Crippen molar-refractivity contribution in [3.8, 4) is 0 Å². The molecule has 0 aromatic carbocycles. The van der Waals surface area contributed by atoms with E-state index in [-0.39, 0.29) is 24.9 Å². The number of hydrogen-bond donors (Lipinski definition) is 1. The van der Waals surface area contributed by atoms with Gasteiger partial charge < -0.3 is 14.8 Å². The highest BCUT2D eigenvalue weighted by molar-refractivity contribution is 5.94. The van der Waals surface area contributed by atoms with Gasteiger partial charge in [0.2, 0.25) is 0 Å². The van der Waals surface area contributed by atoms with E-state index in [1.54, 1.807) is 39.1 Å². The molecule has 0 radical (unpaired) electrons. The molecule has 0 unspecified atom stereocenters. The van der Waals surface area contributed by atoms with Crippen molar-refractivity contribution in [1.82, 2.24) is 15.2 Å². The molecule has 0 bridgehead atoms. The number of hydrogen-bond acceptors (Lipinski definition) is 6. The van der Waals surface area contributed by atoms with Crippen molar-refractivity contribution in [3.05, 3.63) is 30.1 Å². The Kier molecular flexibility index (Phi) is 5.61. The lowest BCUT2D eigenvalue weighted by molar-refractivity contribution is -0.145. The van der Waals surface area contributed by atoms with E-state index >= 15 is 0 Å². The molecule has 8 heteroatoms. The van der Waals surface area contributed by atoms with E-state index in [0.29, 0.717) is 5.56 Å². The lowest BCUT2D eigenvalue weighted by Gasteiger charge is -2.27. The van der Waals surface area contributed by atoms with Gasteiger partial charge in [0.25, 0.3) is 5.91 Å². The number of likely N-dealkylation sites (tertiary alicyclic amines) is 1. The Hall–Kier alpha value is -2.64. The van der Waals surface area contributed by atoms with Crippen LogP contribution in [0.4, 0.5) is 4.79 Å². The third kappa shape index (κ3) is 4.91. The number of carbonyl (C=O) groups excluding carboxylic acids is 3. The molecule has 2 atom stereocenters. The molecule has 0 aliphatic carbocycles. The quantitative estimate of drug-likeness (QED) is 0.828. The first-order valence-electron chi connectivity index (χ1n) is 7.99. The van der Waals surface area contributed by atoms with Gasteiger partial charge in [-0.05, 0) is 32.9 Å². The van der Waals surface area contributed by atoms with Crippen molar-refractivity contribution in [3.63, 3.8) is 0 Å². The Bertz CT molecular complexity index is 641. The molecule has 2 amide bonds. The number of nitrogens with one attached hydrogen (secondary N) is 1. The Morgan fingerprint density at radius 3 is 2.60 bits per heavy atom. The average Bonchev–Trinajstić information content (AvgIpc) is 2.97. The molecule has 8 nitrogen and oxygen atoms in total. The zero-order valence-electron chi connectivity index (χ0n) is 14.8. The molecule has 1 aromatic rings. The second-order valence-corrected chi connectivity index (χ2v) is 6.82. The van der Waals surface area contributed by atoms with Crippen LogP contribution in [-0.4, -0.2) is 59.2 Å². The average molecular weight is 349 g/mol. The largest absolute Gasteiger partial charge is 0.467 e. The Labute approximate surface area is 146 Å². The van der Waals surface area contributed by atoms with Crippen molar-refractivity contribution in [2.45, 2.75) is 44.9 Å². The number of rotatable bonds is 3. The number of esters is 1. The van der Waals surface area contributed by atoms with Gasteiger partial charge in [-0.25, -0.2) is 9.59 Å². The molecule has 1 aliphatic heterocycles. The molecule has 0 saturated carbocycles. The summed E-state index contributed by atoms with van der Waals surface area (Å²) in [4.78, 5) is 41.8. The van der Waals surface area contributed by atoms with Crippen LogP contribution in [-0.2, 0) is 14.3 Å². The van der Waals surface area contributed by atoms with Gasteiger partial charge in [0.1, 0.15) is 11.6 Å². The van der Waals surface area contributed by atoms with Crippen LogP contribution in [0.3, 0.4) is 0 Å². The molecule has 2 heterocycles. The molecular formula is C17H23N3O5. The number of aromatic nitrogens is 1. The minimum Gasteiger partial charge on any atom is -0.467 e. The smallest absolute Gasteiger partial charge is 0.411 e. The van der Waals surface area contributed by atoms with Crippen molar-refractivity contribution >= 4 is 18.0 Å². The third-order valence-corrected chi connectivity index (χ3v) is 3.66. The Balaban J connectivity index is 2.08. The summed E-state index contributed by atoms with van der Waals surface area (Å²) in [5.41, 5.74) is -0.276. The predicted octanol–water partition coefficient (Wildman–Crippen LogP) is 1.36. The molecule has 1 saturated heterocycles. The molecule has 136 valence electrons. The first-order valence-corrected chi connectivity index (χ1v) is 7.99. The second-order valence-electron chi connectivity index (χ2n) is 6.82. The molecule has 2 rings (SSSR count). The van der Waals surface area contributed by atoms with Crippen molar-refractivity contribution in [2.75, 3.05) is 13.7 Å². The van der Waals surface area contributed by atoms with Crippen molar-refractivity contribution in [1.29, 1.82) is 0 Å². The summed E-state index contributed by atoms with van der Waals surface area (Å²) in [7, 11) is 1.26. The molecule has 25 heavy (non-hydrogen) atoms. The summed E-state index contributed by atoms with van der Waals surface area (Å²) in [6.07, 6.45) is 2.68. The van der Waals surface area contributed by atoms with E-state index in [1.807, 2.05) is 0 Å². The fraction of sp³-hybridized carbons (Fsp3) is 0.529. The minimum atomic E-state index is -0.793. The Morgan fingerprint density at radius 2 is 2.04 bits per heavy atom. The lowest BCUT2D eigenvalue weighted by atomic mass is 10.1. The fourth-order valence-electron chi connectivity index (χ4n) is 2.59. The number of methoxy groups -OCH3 is 1. The van der Waals surface area contributed by atoms with Gasteiger partial charge in [-0.2, -0.15) is 0 Å². The maximum Gasteiger partial charge on any atom is 0.411 e. The lowest BCUT2D eigenvalue weighted by Crippen LogP contribution is -2.44. The maximum absolute atomic E-state index is 12.4. The van der Waals surface area contributed by atoms with Gasteiger partial charge in [0.05, 0.1) is 12.7 Å². The molecule has 1 fully saturated rings. The van der Waals surface area contributed by atoms with Crippen LogP contribution in [0, 0.1) is 0 Å². The number of ether oxygens (including phenoxy) is 2. The first kappa shape index (κ1) is 18.7. The van der Waals surface area contributed by atoms with Gasteiger partial charge >= 0.3 is 12.1 Å². The zero-order valence-corrected chi connectivity index (χ0v) is 14.8. The summed E-state index contributed by atoms with van der Waals surface area (Å²) in [5.74, 6) is -0.850. The standard InChI is InChI=1S/C17H23N3O5/c1-17(2,3)25-16(23)20-10-12(8-13(20)15(22)24-4)19-14(21)11-6-5-7-18-9-11/h5-7,9,12-13H,8,10H2,1-4H3,(H,19,21)/t12-,13+/m1/s1. The third-order valence-electron chi connectivity index (χ3n) is 3.66. The van der Waals surface area contributed by atoms with E-state index < -0.39 is 23.7 Å². The fourth-order valence-corrected chi connectivity index (χ4v) is 2.59. The number of carbonyl (C=O) groups is 3. The molecule has 0 spiro atoms. The predicted molar refractivity (Wildman–Crippen MR) is 88.9 cm³/mol. The summed E-state index contributed by atoms with van der Waals surface area (Å²) in [6.45, 7) is 5.40.